The number of halogens is 2. The van der Waals surface area contributed by atoms with Crippen LogP contribution in [0.25, 0.3) is 0 Å². The van der Waals surface area contributed by atoms with E-state index in [2.05, 4.69) is 10.0 Å². The summed E-state index contributed by atoms with van der Waals surface area (Å²) in [5, 5.41) is 2.87. The molecule has 128 valence electrons. The van der Waals surface area contributed by atoms with Gasteiger partial charge in [0.15, 0.2) is 0 Å². The Morgan fingerprint density at radius 2 is 1.79 bits per heavy atom. The van der Waals surface area contributed by atoms with Crippen molar-refractivity contribution in [1.82, 2.24) is 5.32 Å². The summed E-state index contributed by atoms with van der Waals surface area (Å²) in [6.45, 7) is 1.76. The van der Waals surface area contributed by atoms with Gasteiger partial charge < -0.3 is 5.32 Å². The average molecular weight is 371 g/mol. The number of rotatable bonds is 5. The van der Waals surface area contributed by atoms with Crippen LogP contribution in [0.15, 0.2) is 42.5 Å². The highest BCUT2D eigenvalue weighted by Gasteiger charge is 2.15. The second-order valence-electron chi connectivity index (χ2n) is 5.32. The molecule has 8 heteroatoms. The molecule has 0 aliphatic carbocycles. The molecule has 2 aromatic rings. The Morgan fingerprint density at radius 3 is 2.33 bits per heavy atom. The van der Waals surface area contributed by atoms with Crippen molar-refractivity contribution in [3.05, 3.63) is 64.4 Å². The van der Waals surface area contributed by atoms with E-state index in [0.717, 1.165) is 11.8 Å². The molecule has 5 nitrogen and oxygen atoms in total. The maximum Gasteiger partial charge on any atom is 0.253 e. The van der Waals surface area contributed by atoms with Gasteiger partial charge in [0, 0.05) is 5.69 Å². The van der Waals surface area contributed by atoms with Gasteiger partial charge in [-0.2, -0.15) is 0 Å². The van der Waals surface area contributed by atoms with Crippen molar-refractivity contribution in [2.24, 2.45) is 0 Å². The summed E-state index contributed by atoms with van der Waals surface area (Å²) in [7, 11) is -3.43. The quantitative estimate of drug-likeness (QED) is 0.847. The summed E-state index contributed by atoms with van der Waals surface area (Å²) in [5.41, 5.74) is 1.23. The molecule has 0 aromatic heterocycles. The Labute approximate surface area is 144 Å². The lowest BCUT2D eigenvalue weighted by Crippen LogP contribution is -2.27. The highest BCUT2D eigenvalue weighted by Crippen LogP contribution is 2.23. The van der Waals surface area contributed by atoms with Gasteiger partial charge in [-0.05, 0) is 42.8 Å². The van der Waals surface area contributed by atoms with Crippen LogP contribution in [-0.4, -0.2) is 20.6 Å². The number of amides is 1. The van der Waals surface area contributed by atoms with Crippen LogP contribution in [0, 0.1) is 5.82 Å². The Kier molecular flexibility index (Phi) is 5.46. The van der Waals surface area contributed by atoms with Crippen LogP contribution >= 0.6 is 11.6 Å². The summed E-state index contributed by atoms with van der Waals surface area (Å²) in [4.78, 5) is 12.3. The molecule has 1 unspecified atom stereocenters. The van der Waals surface area contributed by atoms with Crippen molar-refractivity contribution in [3.63, 3.8) is 0 Å². The normalized spacial score (nSPS) is 12.5. The number of nitrogens with one attached hydrogen (secondary N) is 2. The number of benzene rings is 2. The van der Waals surface area contributed by atoms with Crippen LogP contribution < -0.4 is 10.0 Å². The minimum Gasteiger partial charge on any atom is -0.345 e. The first-order valence-corrected chi connectivity index (χ1v) is 9.26. The fourth-order valence-corrected chi connectivity index (χ4v) is 2.91. The summed E-state index contributed by atoms with van der Waals surface area (Å²) >= 11 is 6.06. The highest BCUT2D eigenvalue weighted by molar-refractivity contribution is 7.92. The molecular formula is C16H16ClFN2O3S. The van der Waals surface area contributed by atoms with Crippen molar-refractivity contribution >= 4 is 33.2 Å². The number of hydrogen-bond acceptors (Lipinski definition) is 3. The lowest BCUT2D eigenvalue weighted by Gasteiger charge is -2.15. The van der Waals surface area contributed by atoms with Gasteiger partial charge in [0.2, 0.25) is 10.0 Å². The largest absolute Gasteiger partial charge is 0.345 e. The molecule has 0 saturated heterocycles. The van der Waals surface area contributed by atoms with E-state index in [0.29, 0.717) is 0 Å². The van der Waals surface area contributed by atoms with Gasteiger partial charge in [-0.25, -0.2) is 12.8 Å². The van der Waals surface area contributed by atoms with Crippen molar-refractivity contribution in [2.45, 2.75) is 13.0 Å². The molecule has 1 amide bonds. The van der Waals surface area contributed by atoms with Crippen LogP contribution in [-0.2, 0) is 10.0 Å². The first-order chi connectivity index (χ1) is 11.2. The predicted octanol–water partition coefficient (Wildman–Crippen LogP) is 3.34. The van der Waals surface area contributed by atoms with Gasteiger partial charge in [-0.15, -0.1) is 0 Å². The third-order valence-corrected chi connectivity index (χ3v) is 4.15. The van der Waals surface area contributed by atoms with Crippen molar-refractivity contribution in [2.75, 3.05) is 11.0 Å². The van der Waals surface area contributed by atoms with E-state index in [4.69, 9.17) is 11.6 Å². The number of sulfonamides is 1. The minimum absolute atomic E-state index is 0.118. The molecule has 0 aliphatic heterocycles. The number of carbonyl (C=O) groups excluding carboxylic acids is 1. The van der Waals surface area contributed by atoms with Crippen LogP contribution in [0.4, 0.5) is 10.1 Å². The Balaban J connectivity index is 2.13. The number of carbonyl (C=O) groups is 1. The van der Waals surface area contributed by atoms with Gasteiger partial charge in [-0.3, -0.25) is 9.52 Å². The monoisotopic (exact) mass is 370 g/mol. The Hall–Kier alpha value is -2.12. The summed E-state index contributed by atoms with van der Waals surface area (Å²) in [6.07, 6.45) is 1.02. The Bertz CT molecular complexity index is 854. The van der Waals surface area contributed by atoms with Crippen molar-refractivity contribution in [1.29, 1.82) is 0 Å². The summed E-state index contributed by atoms with van der Waals surface area (Å²) in [5.74, 6) is -0.767. The van der Waals surface area contributed by atoms with Crippen molar-refractivity contribution < 1.29 is 17.6 Å². The van der Waals surface area contributed by atoms with E-state index in [-0.39, 0.29) is 28.1 Å². The zero-order valence-corrected chi connectivity index (χ0v) is 14.6. The van der Waals surface area contributed by atoms with E-state index < -0.39 is 15.9 Å². The molecule has 2 N–H and O–H groups in total. The molecule has 2 rings (SSSR count). The van der Waals surface area contributed by atoms with E-state index >= 15 is 0 Å². The molecule has 0 bridgehead atoms. The first kappa shape index (κ1) is 18.2. The molecule has 0 saturated carbocycles. The lowest BCUT2D eigenvalue weighted by molar-refractivity contribution is 0.0940. The van der Waals surface area contributed by atoms with Crippen LogP contribution in [0.2, 0.25) is 5.02 Å². The van der Waals surface area contributed by atoms with Crippen LogP contribution in [0.3, 0.4) is 0 Å². The number of anilines is 1. The molecular weight excluding hydrogens is 355 g/mol. The molecule has 0 aliphatic rings. The van der Waals surface area contributed by atoms with Gasteiger partial charge in [-0.1, -0.05) is 23.7 Å². The van der Waals surface area contributed by atoms with E-state index in [1.54, 1.807) is 19.1 Å². The molecule has 24 heavy (non-hydrogen) atoms. The third kappa shape index (κ3) is 4.94. The maximum atomic E-state index is 12.9. The Morgan fingerprint density at radius 1 is 1.17 bits per heavy atom. The maximum absolute atomic E-state index is 12.9. The smallest absolute Gasteiger partial charge is 0.253 e. The van der Waals surface area contributed by atoms with E-state index in [9.17, 15) is 17.6 Å². The molecule has 0 spiro atoms. The molecule has 0 radical (unpaired) electrons. The molecule has 0 heterocycles. The predicted molar refractivity (Wildman–Crippen MR) is 92.2 cm³/mol. The van der Waals surface area contributed by atoms with E-state index in [1.807, 2.05) is 0 Å². The topological polar surface area (TPSA) is 75.3 Å². The minimum atomic E-state index is -3.43. The van der Waals surface area contributed by atoms with Crippen LogP contribution in [0.5, 0.6) is 0 Å². The zero-order chi connectivity index (χ0) is 17.9. The second-order valence-corrected chi connectivity index (χ2v) is 7.47. The zero-order valence-electron chi connectivity index (χ0n) is 13.0. The molecule has 0 fully saturated rings. The lowest BCUT2D eigenvalue weighted by atomic mass is 10.1. The second kappa shape index (κ2) is 7.19. The van der Waals surface area contributed by atoms with Crippen molar-refractivity contribution in [3.8, 4) is 0 Å². The van der Waals surface area contributed by atoms with Crippen LogP contribution in [0.1, 0.15) is 28.9 Å². The standard InChI is InChI=1S/C16H16ClFN2O3S/c1-10(11-3-5-12(18)6-4-11)19-16(21)14-8-7-13(9-15(14)17)20-24(2,22)23/h3-10,20H,1-2H3,(H,19,21). The molecule has 2 aromatic carbocycles. The third-order valence-electron chi connectivity index (χ3n) is 3.23. The van der Waals surface area contributed by atoms with E-state index in [1.165, 1.54) is 30.3 Å². The van der Waals surface area contributed by atoms with Gasteiger partial charge in [0.05, 0.1) is 22.9 Å². The van der Waals surface area contributed by atoms with Gasteiger partial charge >= 0.3 is 0 Å². The van der Waals surface area contributed by atoms with Gasteiger partial charge in [0.1, 0.15) is 5.82 Å². The molecule has 1 atom stereocenters. The number of hydrogen-bond donors (Lipinski definition) is 2. The summed E-state index contributed by atoms with van der Waals surface area (Å²) < 4.78 is 37.6. The van der Waals surface area contributed by atoms with Gasteiger partial charge in [0.25, 0.3) is 5.91 Å². The fraction of sp³-hybridized carbons (Fsp3) is 0.188. The fourth-order valence-electron chi connectivity index (χ4n) is 2.09. The highest BCUT2D eigenvalue weighted by atomic mass is 35.5. The SMILES string of the molecule is CC(NC(=O)c1ccc(NS(C)(=O)=O)cc1Cl)c1ccc(F)cc1. The first-order valence-electron chi connectivity index (χ1n) is 6.99. The average Bonchev–Trinajstić information content (AvgIpc) is 2.46. The summed E-state index contributed by atoms with van der Waals surface area (Å²) in [6, 6.07) is 9.70.